The molecule has 1 fully saturated rings. The van der Waals surface area contributed by atoms with Crippen LogP contribution in [0, 0.1) is 29.1 Å². The molecule has 346 valence electrons. The predicted molar refractivity (Wildman–Crippen MR) is 264 cm³/mol. The summed E-state index contributed by atoms with van der Waals surface area (Å²) in [6, 6.07) is 14.8. The van der Waals surface area contributed by atoms with Crippen LogP contribution in [0.3, 0.4) is 0 Å². The highest BCUT2D eigenvalue weighted by atomic mass is 33.1. The molecule has 0 aromatic heterocycles. The van der Waals surface area contributed by atoms with E-state index in [0.29, 0.717) is 71.4 Å². The number of carbonyl (C=O) groups is 1. The van der Waals surface area contributed by atoms with Gasteiger partial charge in [0.25, 0.3) is 0 Å². The van der Waals surface area contributed by atoms with Crippen molar-refractivity contribution in [2.24, 2.45) is 33.7 Å². The fraction of sp³-hybridized carbons (Fsp3) is 0.481. The molecule has 0 saturated heterocycles. The quantitative estimate of drug-likeness (QED) is 0.0570. The summed E-state index contributed by atoms with van der Waals surface area (Å²) in [4.78, 5) is 18.0. The van der Waals surface area contributed by atoms with Crippen molar-refractivity contribution >= 4 is 33.1 Å². The molecule has 0 spiro atoms. The molecule has 8 bridgehead atoms. The summed E-state index contributed by atoms with van der Waals surface area (Å²) < 4.78 is 6.16. The van der Waals surface area contributed by atoms with E-state index in [9.17, 15) is 25.2 Å². The van der Waals surface area contributed by atoms with Crippen LogP contribution in [0.2, 0.25) is 0 Å². The minimum atomic E-state index is -0.751. The van der Waals surface area contributed by atoms with E-state index in [-0.39, 0.29) is 47.6 Å². The standard InChI is InChI=1S/C54H67N3O6S2/c1-3-4-5-7-36(26-35(2)58)16-21-54-22-17-39(32-54)33-64-65-34-41-30-44-40(29-45(41)53(55)56)8-6-9-48-43(19-24-57-48)51(62)31-46(44)47-27-38(11-14-49(47)60)20-25-63-52-28-37(12-15-50(52)61)10-13-42(59)18-23-54/h11-12,14-15,18-19,23-24,27-30,35-36,39,46,53,58,60-62H,3-5,7,9-10,13,16-17,20-22,25-26,31-34,55-56H2,1-2H3/p-1. The number of hydrogen-bond acceptors (Lipinski definition) is 11. The number of allylic oxidation sites excluding steroid dienone is 5. The van der Waals surface area contributed by atoms with Gasteiger partial charge < -0.3 is 36.6 Å². The second-order valence-corrected chi connectivity index (χ2v) is 21.2. The Kier molecular flexibility index (Phi) is 17.0. The number of nitrogens with two attached hydrogens (primary N) is 2. The number of ether oxygens (including phenoxy) is 1. The molecule has 7 N–H and O–H groups in total. The van der Waals surface area contributed by atoms with Crippen LogP contribution < -0.4 is 21.3 Å². The van der Waals surface area contributed by atoms with Gasteiger partial charge in [0.15, 0.2) is 17.3 Å². The van der Waals surface area contributed by atoms with Crippen molar-refractivity contribution in [3.8, 4) is 29.1 Å². The number of rotatable bonds is 10. The molecule has 1 saturated carbocycles. The smallest absolute Gasteiger partial charge is 0.161 e. The number of fused-ring (bicyclic) bond motifs is 9. The highest BCUT2D eigenvalue weighted by molar-refractivity contribution is 8.76. The molecule has 0 radical (unpaired) electrons. The largest absolute Gasteiger partial charge is 0.875 e. The third-order valence-electron chi connectivity index (χ3n) is 13.7. The normalized spacial score (nSPS) is 22.5. The maximum atomic E-state index is 14.2. The van der Waals surface area contributed by atoms with E-state index < -0.39 is 12.1 Å². The number of benzene rings is 3. The van der Waals surface area contributed by atoms with Gasteiger partial charge in [0, 0.05) is 47.6 Å². The molecular formula is C54H66N3O6S2-. The minimum Gasteiger partial charge on any atom is -0.875 e. The topological polar surface area (TPSA) is 174 Å². The molecule has 2 heterocycles. The molecule has 11 heteroatoms. The summed E-state index contributed by atoms with van der Waals surface area (Å²) in [6.45, 7) is 4.37. The van der Waals surface area contributed by atoms with Crippen LogP contribution in [-0.4, -0.2) is 45.3 Å². The highest BCUT2D eigenvalue weighted by Gasteiger charge is 2.37. The number of hydrogen-bond donors (Lipinski definition) is 5. The first-order valence-corrected chi connectivity index (χ1v) is 26.1. The molecule has 5 unspecified atom stereocenters. The number of aliphatic imine (C=N–C) groups is 1. The Morgan fingerprint density at radius 1 is 0.985 bits per heavy atom. The van der Waals surface area contributed by atoms with E-state index in [1.54, 1.807) is 35.2 Å². The zero-order chi connectivity index (χ0) is 45.9. The number of unbranched alkanes of at least 4 members (excludes halogenated alkanes) is 2. The van der Waals surface area contributed by atoms with Crippen molar-refractivity contribution in [1.29, 1.82) is 0 Å². The summed E-state index contributed by atoms with van der Waals surface area (Å²) in [7, 11) is 3.63. The van der Waals surface area contributed by atoms with Crippen LogP contribution in [-0.2, 0) is 23.4 Å². The molecule has 3 aromatic rings. The number of aliphatic hydroxyl groups is 1. The van der Waals surface area contributed by atoms with Crippen molar-refractivity contribution < 1.29 is 30.0 Å². The zero-order valence-electron chi connectivity index (χ0n) is 38.0. The molecule has 0 amide bonds. The number of phenolic OH excluding ortho intramolecular Hbond substituents is 2. The first-order valence-electron chi connectivity index (χ1n) is 23.6. The van der Waals surface area contributed by atoms with Crippen LogP contribution in [0.15, 0.2) is 89.3 Å². The van der Waals surface area contributed by atoms with Crippen molar-refractivity contribution in [2.75, 3.05) is 12.4 Å². The maximum absolute atomic E-state index is 14.2. The van der Waals surface area contributed by atoms with E-state index in [1.165, 1.54) is 19.3 Å². The number of phenols is 2. The SMILES string of the molecule is CCCCCC(CCC12C=CC(=O)CCc3ccc(O)c(c3)OCCc3ccc(O)c(c3)C3CC([O-])=C4C=CN=C4CC#Cc4cc(C(N)N)c(cc43)CSSCC(CC1)C2)CC(C)O. The Hall–Kier alpha value is -4.44. The van der Waals surface area contributed by atoms with Crippen molar-refractivity contribution in [3.63, 3.8) is 0 Å². The summed E-state index contributed by atoms with van der Waals surface area (Å²) in [5.74, 6) is 9.07. The molecule has 2 aliphatic heterocycles. The number of aliphatic hydroxyl groups excluding tert-OH is 1. The van der Waals surface area contributed by atoms with Gasteiger partial charge in [0.2, 0.25) is 0 Å². The lowest BCUT2D eigenvalue weighted by molar-refractivity contribution is -0.307. The molecule has 2 aliphatic carbocycles. The van der Waals surface area contributed by atoms with Gasteiger partial charge in [-0.3, -0.25) is 9.79 Å². The fourth-order valence-electron chi connectivity index (χ4n) is 10.1. The van der Waals surface area contributed by atoms with Gasteiger partial charge >= 0.3 is 0 Å². The molecule has 65 heavy (non-hydrogen) atoms. The molecule has 4 aliphatic rings. The number of nitrogens with zero attached hydrogens (tertiary/aromatic N) is 1. The average Bonchev–Trinajstić information content (AvgIpc) is 3.93. The Bertz CT molecular complexity index is 2360. The Labute approximate surface area is 393 Å². The fourth-order valence-corrected chi connectivity index (χ4v) is 12.6. The third kappa shape index (κ3) is 12.9. The van der Waals surface area contributed by atoms with E-state index in [2.05, 4.69) is 35.9 Å². The van der Waals surface area contributed by atoms with Crippen LogP contribution in [0.4, 0.5) is 0 Å². The summed E-state index contributed by atoms with van der Waals surface area (Å²) in [5.41, 5.74) is 19.8. The van der Waals surface area contributed by atoms with Crippen LogP contribution in [0.5, 0.6) is 17.2 Å². The molecule has 3 aromatic carbocycles. The lowest BCUT2D eigenvalue weighted by Gasteiger charge is -2.29. The van der Waals surface area contributed by atoms with Crippen LogP contribution in [0.25, 0.3) is 0 Å². The summed E-state index contributed by atoms with van der Waals surface area (Å²) in [5, 5.41) is 46.9. The minimum absolute atomic E-state index is 0.0212. The van der Waals surface area contributed by atoms with Gasteiger partial charge in [0.05, 0.1) is 31.0 Å². The number of aryl methyl sites for hydroxylation is 1. The van der Waals surface area contributed by atoms with Gasteiger partial charge in [-0.2, -0.15) is 0 Å². The lowest BCUT2D eigenvalue weighted by atomic mass is 9.76. The first-order chi connectivity index (χ1) is 31.4. The monoisotopic (exact) mass is 916 g/mol. The Balaban J connectivity index is 1.23. The van der Waals surface area contributed by atoms with E-state index in [4.69, 9.17) is 16.2 Å². The molecular weight excluding hydrogens is 851 g/mol. The Morgan fingerprint density at radius 3 is 2.60 bits per heavy atom. The third-order valence-corrected chi connectivity index (χ3v) is 16.2. The number of aromatic hydroxyl groups is 2. The number of ketones is 1. The zero-order valence-corrected chi connectivity index (χ0v) is 39.7. The van der Waals surface area contributed by atoms with Gasteiger partial charge in [0.1, 0.15) is 5.75 Å². The molecule has 5 atom stereocenters. The van der Waals surface area contributed by atoms with E-state index in [0.717, 1.165) is 78.5 Å². The Morgan fingerprint density at radius 2 is 1.80 bits per heavy atom. The van der Waals surface area contributed by atoms with Crippen LogP contribution >= 0.6 is 21.6 Å². The van der Waals surface area contributed by atoms with Crippen molar-refractivity contribution in [3.05, 3.63) is 123 Å². The van der Waals surface area contributed by atoms with Gasteiger partial charge in [-0.1, -0.05) is 96.4 Å². The van der Waals surface area contributed by atoms with E-state index >= 15 is 0 Å². The average molecular weight is 917 g/mol. The molecule has 7 rings (SSSR count). The summed E-state index contributed by atoms with van der Waals surface area (Å²) in [6.07, 6.45) is 18.7. The highest BCUT2D eigenvalue weighted by Crippen LogP contribution is 2.50. The first kappa shape index (κ1) is 48.5. The van der Waals surface area contributed by atoms with Gasteiger partial charge in [-0.25, -0.2) is 0 Å². The molecule has 9 nitrogen and oxygen atoms in total. The predicted octanol–water partition coefficient (Wildman–Crippen LogP) is 9.98. The van der Waals surface area contributed by atoms with Gasteiger partial charge in [-0.15, -0.1) is 5.76 Å². The van der Waals surface area contributed by atoms with Crippen molar-refractivity contribution in [2.45, 2.75) is 134 Å². The second-order valence-electron chi connectivity index (χ2n) is 18.7. The number of carbonyl (C=O) groups excluding carboxylic acids is 1. The lowest BCUT2D eigenvalue weighted by Crippen LogP contribution is -2.23. The van der Waals surface area contributed by atoms with E-state index in [1.807, 2.05) is 54.1 Å². The van der Waals surface area contributed by atoms with Gasteiger partial charge in [-0.05, 0) is 145 Å². The second kappa shape index (κ2) is 22.8. The maximum Gasteiger partial charge on any atom is 0.161 e. The van der Waals surface area contributed by atoms with Crippen LogP contribution in [0.1, 0.15) is 148 Å². The van der Waals surface area contributed by atoms with Crippen molar-refractivity contribution in [1.82, 2.24) is 0 Å². The summed E-state index contributed by atoms with van der Waals surface area (Å²) >= 11 is 0.